The van der Waals surface area contributed by atoms with E-state index in [2.05, 4.69) is 15.6 Å². The summed E-state index contributed by atoms with van der Waals surface area (Å²) in [5, 5.41) is 6.90. The van der Waals surface area contributed by atoms with E-state index >= 15 is 0 Å². The summed E-state index contributed by atoms with van der Waals surface area (Å²) in [6.07, 6.45) is 3.67. The summed E-state index contributed by atoms with van der Waals surface area (Å²) < 4.78 is 6.72. The number of carbonyl (C=O) groups is 1. The van der Waals surface area contributed by atoms with Gasteiger partial charge in [0.25, 0.3) is 5.56 Å². The van der Waals surface area contributed by atoms with E-state index in [4.69, 9.17) is 32.9 Å². The fourth-order valence-electron chi connectivity index (χ4n) is 4.20. The molecule has 5 rings (SSSR count). The maximum Gasteiger partial charge on any atom is 0.322 e. The molecule has 0 atom stereocenters. The van der Waals surface area contributed by atoms with Gasteiger partial charge >= 0.3 is 6.03 Å². The van der Waals surface area contributed by atoms with E-state index in [9.17, 15) is 9.59 Å². The molecule has 1 aliphatic heterocycles. The molecule has 0 fully saturated rings. The second kappa shape index (κ2) is 11.1. The van der Waals surface area contributed by atoms with E-state index in [-0.39, 0.29) is 18.1 Å². The Morgan fingerprint density at radius 2 is 1.95 bits per heavy atom. The Morgan fingerprint density at radius 1 is 1.13 bits per heavy atom. The topological polar surface area (TPSA) is 101 Å². The summed E-state index contributed by atoms with van der Waals surface area (Å²) in [6, 6.07) is 15.7. The van der Waals surface area contributed by atoms with E-state index < -0.39 is 0 Å². The van der Waals surface area contributed by atoms with Gasteiger partial charge in [-0.05, 0) is 48.0 Å². The Labute approximate surface area is 229 Å². The Hall–Kier alpha value is -4.08. The molecular weight excluding hydrogens is 527 g/mol. The zero-order valence-electron chi connectivity index (χ0n) is 20.4. The van der Waals surface area contributed by atoms with Gasteiger partial charge in [-0.25, -0.2) is 14.3 Å². The number of anilines is 2. The van der Waals surface area contributed by atoms with Crippen molar-refractivity contribution < 1.29 is 9.53 Å². The highest BCUT2D eigenvalue weighted by atomic mass is 35.5. The first-order valence-electron chi connectivity index (χ1n) is 11.9. The molecule has 38 heavy (non-hydrogen) atoms. The number of nitrogens with one attached hydrogen (secondary N) is 2. The van der Waals surface area contributed by atoms with E-state index in [1.54, 1.807) is 54.7 Å². The third kappa shape index (κ3) is 5.44. The van der Waals surface area contributed by atoms with Crippen LogP contribution < -0.4 is 20.9 Å². The second-order valence-electron chi connectivity index (χ2n) is 8.64. The highest BCUT2D eigenvalue weighted by molar-refractivity contribution is 6.36. The smallest absolute Gasteiger partial charge is 0.322 e. The number of methoxy groups -OCH3 is 1. The number of aromatic nitrogens is 3. The minimum absolute atomic E-state index is 0.108. The Morgan fingerprint density at radius 3 is 2.66 bits per heavy atom. The lowest BCUT2D eigenvalue weighted by Gasteiger charge is -2.29. The standard InChI is InChI=1S/C27H24Cl2N6O3/c1-38-20-7-4-17(5-8-20)14-31-26-32-23-10-12-34(27(37)33-24-9-6-18(28)13-22(24)29)16-21(23)25(36)35(26)19-3-2-11-30-15-19/h2-9,11,13,15H,10,12,14,16H2,1H3,(H,31,32)(H,33,37). The van der Waals surface area contributed by atoms with Crippen molar-refractivity contribution in [3.05, 3.63) is 104 Å². The van der Waals surface area contributed by atoms with Gasteiger partial charge in [-0.3, -0.25) is 9.78 Å². The van der Waals surface area contributed by atoms with Gasteiger partial charge in [-0.2, -0.15) is 0 Å². The largest absolute Gasteiger partial charge is 0.497 e. The van der Waals surface area contributed by atoms with E-state index in [1.807, 2.05) is 24.3 Å². The van der Waals surface area contributed by atoms with Gasteiger partial charge in [-0.1, -0.05) is 35.3 Å². The van der Waals surface area contributed by atoms with Gasteiger partial charge in [0.2, 0.25) is 5.95 Å². The van der Waals surface area contributed by atoms with Crippen LogP contribution in [0.5, 0.6) is 5.75 Å². The minimum atomic E-state index is -0.367. The van der Waals surface area contributed by atoms with E-state index in [1.165, 1.54) is 4.57 Å². The fourth-order valence-corrected chi connectivity index (χ4v) is 4.66. The average molecular weight is 551 g/mol. The van der Waals surface area contributed by atoms with Crippen molar-refractivity contribution >= 4 is 40.9 Å². The van der Waals surface area contributed by atoms with Crippen LogP contribution in [0.3, 0.4) is 0 Å². The number of halogens is 2. The number of fused-ring (bicyclic) bond motifs is 1. The highest BCUT2D eigenvalue weighted by Crippen LogP contribution is 2.26. The maximum atomic E-state index is 13.8. The van der Waals surface area contributed by atoms with Gasteiger partial charge in [0.15, 0.2) is 0 Å². The molecule has 2 aromatic heterocycles. The Kier molecular flexibility index (Phi) is 7.48. The molecule has 1 aliphatic rings. The summed E-state index contributed by atoms with van der Waals surface area (Å²) in [4.78, 5) is 37.3. The number of nitrogens with zero attached hydrogens (tertiary/aromatic N) is 4. The van der Waals surface area contributed by atoms with Crippen LogP contribution in [0.25, 0.3) is 5.69 Å². The SMILES string of the molecule is COc1ccc(CNc2nc3c(c(=O)n2-c2cccnc2)CN(C(=O)Nc2ccc(Cl)cc2Cl)CC3)cc1. The zero-order chi connectivity index (χ0) is 26.6. The van der Waals surface area contributed by atoms with Crippen LogP contribution in [-0.2, 0) is 19.5 Å². The van der Waals surface area contributed by atoms with Crippen LogP contribution in [0.1, 0.15) is 16.8 Å². The molecule has 0 spiro atoms. The molecule has 9 nitrogen and oxygen atoms in total. The molecule has 2 aromatic carbocycles. The number of benzene rings is 2. The average Bonchev–Trinajstić information content (AvgIpc) is 2.94. The first kappa shape index (κ1) is 25.6. The van der Waals surface area contributed by atoms with Crippen LogP contribution in [0.4, 0.5) is 16.4 Å². The molecular formula is C27H24Cl2N6O3. The van der Waals surface area contributed by atoms with Crippen LogP contribution in [0.2, 0.25) is 10.0 Å². The van der Waals surface area contributed by atoms with Crippen LogP contribution in [0.15, 0.2) is 71.8 Å². The second-order valence-corrected chi connectivity index (χ2v) is 9.48. The van der Waals surface area contributed by atoms with Gasteiger partial charge in [-0.15, -0.1) is 0 Å². The molecule has 11 heteroatoms. The third-order valence-electron chi connectivity index (χ3n) is 6.20. The lowest BCUT2D eigenvalue weighted by Crippen LogP contribution is -2.43. The minimum Gasteiger partial charge on any atom is -0.497 e. The van der Waals surface area contributed by atoms with Gasteiger partial charge in [0, 0.05) is 30.7 Å². The van der Waals surface area contributed by atoms with Crippen molar-refractivity contribution in [2.75, 3.05) is 24.3 Å². The number of amides is 2. The summed E-state index contributed by atoms with van der Waals surface area (Å²) in [7, 11) is 1.62. The van der Waals surface area contributed by atoms with Crippen LogP contribution in [0, 0.1) is 0 Å². The molecule has 2 N–H and O–H groups in total. The van der Waals surface area contributed by atoms with Crippen molar-refractivity contribution in [3.63, 3.8) is 0 Å². The number of pyridine rings is 1. The number of carbonyl (C=O) groups excluding carboxylic acids is 1. The van der Waals surface area contributed by atoms with E-state index in [0.29, 0.717) is 58.1 Å². The number of hydrogen-bond acceptors (Lipinski definition) is 6. The number of urea groups is 1. The number of hydrogen-bond donors (Lipinski definition) is 2. The van der Waals surface area contributed by atoms with Gasteiger partial charge in [0.05, 0.1) is 47.5 Å². The van der Waals surface area contributed by atoms with Crippen molar-refractivity contribution in [1.29, 1.82) is 0 Å². The molecule has 0 saturated carbocycles. The predicted molar refractivity (Wildman–Crippen MR) is 148 cm³/mol. The number of ether oxygens (including phenoxy) is 1. The van der Waals surface area contributed by atoms with Crippen LogP contribution in [-0.4, -0.2) is 39.1 Å². The zero-order valence-corrected chi connectivity index (χ0v) is 22.0. The molecule has 4 aromatic rings. The van der Waals surface area contributed by atoms with Gasteiger partial charge in [0.1, 0.15) is 5.75 Å². The molecule has 0 aliphatic carbocycles. The van der Waals surface area contributed by atoms with Crippen molar-refractivity contribution in [2.45, 2.75) is 19.5 Å². The van der Waals surface area contributed by atoms with Crippen LogP contribution >= 0.6 is 23.2 Å². The molecule has 3 heterocycles. The lowest BCUT2D eigenvalue weighted by molar-refractivity contribution is 0.205. The first-order valence-corrected chi connectivity index (χ1v) is 12.6. The van der Waals surface area contributed by atoms with Crippen molar-refractivity contribution in [2.24, 2.45) is 0 Å². The molecule has 0 saturated heterocycles. The van der Waals surface area contributed by atoms with Crippen molar-refractivity contribution in [3.8, 4) is 11.4 Å². The summed E-state index contributed by atoms with van der Waals surface area (Å²) in [5.74, 6) is 1.17. The summed E-state index contributed by atoms with van der Waals surface area (Å²) in [6.45, 7) is 0.953. The summed E-state index contributed by atoms with van der Waals surface area (Å²) in [5.41, 5.74) is 2.85. The monoisotopic (exact) mass is 550 g/mol. The molecule has 2 amide bonds. The lowest BCUT2D eigenvalue weighted by atomic mass is 10.1. The van der Waals surface area contributed by atoms with Gasteiger partial charge < -0.3 is 20.3 Å². The quantitative estimate of drug-likeness (QED) is 0.344. The molecule has 0 radical (unpaired) electrons. The molecule has 0 unspecified atom stereocenters. The number of rotatable bonds is 6. The van der Waals surface area contributed by atoms with Crippen molar-refractivity contribution in [1.82, 2.24) is 19.4 Å². The molecule has 194 valence electrons. The Balaban J connectivity index is 1.43. The Bertz CT molecular complexity index is 1530. The maximum absolute atomic E-state index is 13.8. The summed E-state index contributed by atoms with van der Waals surface area (Å²) >= 11 is 12.2. The van der Waals surface area contributed by atoms with E-state index in [0.717, 1.165) is 11.3 Å². The molecule has 0 bridgehead atoms. The first-order chi connectivity index (χ1) is 18.4. The predicted octanol–water partition coefficient (Wildman–Crippen LogP) is 5.15. The highest BCUT2D eigenvalue weighted by Gasteiger charge is 2.27. The fraction of sp³-hybridized carbons (Fsp3) is 0.185. The third-order valence-corrected chi connectivity index (χ3v) is 6.75. The normalized spacial score (nSPS) is 12.6.